The second-order valence-electron chi connectivity index (χ2n) is 6.23. The second-order valence-corrected chi connectivity index (χ2v) is 6.23. The predicted octanol–water partition coefficient (Wildman–Crippen LogP) is 2.11. The van der Waals surface area contributed by atoms with E-state index in [0.29, 0.717) is 6.04 Å². The normalized spacial score (nSPS) is 31.4. The van der Waals surface area contributed by atoms with Crippen LogP contribution < -0.4 is 5.32 Å². The van der Waals surface area contributed by atoms with Gasteiger partial charge in [0.25, 0.3) is 0 Å². The minimum absolute atomic E-state index is 0.266. The SMILES string of the molecule is CN(C)Cc1noc(C2CCC3CCCCC3N2)n1. The Hall–Kier alpha value is -0.940. The molecule has 1 saturated heterocycles. The van der Waals surface area contributed by atoms with Gasteiger partial charge in [-0.2, -0.15) is 4.98 Å². The van der Waals surface area contributed by atoms with Crippen LogP contribution in [0.25, 0.3) is 0 Å². The number of hydrogen-bond donors (Lipinski definition) is 1. The molecular weight excluding hydrogens is 240 g/mol. The largest absolute Gasteiger partial charge is 0.338 e. The van der Waals surface area contributed by atoms with Crippen LogP contribution in [0.1, 0.15) is 56.3 Å². The van der Waals surface area contributed by atoms with Gasteiger partial charge < -0.3 is 14.7 Å². The van der Waals surface area contributed by atoms with E-state index in [4.69, 9.17) is 4.52 Å². The first kappa shape index (κ1) is 13.1. The average molecular weight is 264 g/mol. The van der Waals surface area contributed by atoms with E-state index in [2.05, 4.69) is 20.4 Å². The molecule has 1 saturated carbocycles. The van der Waals surface area contributed by atoms with Gasteiger partial charge in [-0.3, -0.25) is 0 Å². The van der Waals surface area contributed by atoms with Crippen molar-refractivity contribution in [1.82, 2.24) is 20.4 Å². The van der Waals surface area contributed by atoms with Crippen molar-refractivity contribution in [2.45, 2.75) is 57.2 Å². The molecule has 0 spiro atoms. The quantitative estimate of drug-likeness (QED) is 0.906. The number of nitrogens with one attached hydrogen (secondary N) is 1. The topological polar surface area (TPSA) is 54.2 Å². The zero-order valence-corrected chi connectivity index (χ0v) is 11.9. The van der Waals surface area contributed by atoms with Crippen LogP contribution in [0.2, 0.25) is 0 Å². The number of piperidine rings is 1. The van der Waals surface area contributed by atoms with Gasteiger partial charge in [0.05, 0.1) is 12.6 Å². The molecule has 3 unspecified atom stereocenters. The first-order valence-electron chi connectivity index (χ1n) is 7.45. The smallest absolute Gasteiger partial charge is 0.243 e. The summed E-state index contributed by atoms with van der Waals surface area (Å²) in [5.74, 6) is 2.43. The summed E-state index contributed by atoms with van der Waals surface area (Å²) in [5.41, 5.74) is 0. The highest BCUT2D eigenvalue weighted by Gasteiger charge is 2.34. The molecule has 19 heavy (non-hydrogen) atoms. The molecule has 1 aliphatic heterocycles. The zero-order valence-electron chi connectivity index (χ0n) is 11.9. The lowest BCUT2D eigenvalue weighted by Crippen LogP contribution is -2.44. The molecule has 1 aliphatic carbocycles. The van der Waals surface area contributed by atoms with Crippen LogP contribution in [0.15, 0.2) is 4.52 Å². The van der Waals surface area contributed by atoms with E-state index in [-0.39, 0.29) is 6.04 Å². The minimum atomic E-state index is 0.266. The van der Waals surface area contributed by atoms with Crippen LogP contribution in [-0.4, -0.2) is 35.2 Å². The van der Waals surface area contributed by atoms with Crippen LogP contribution in [0, 0.1) is 5.92 Å². The van der Waals surface area contributed by atoms with Crippen molar-refractivity contribution in [2.75, 3.05) is 14.1 Å². The molecule has 1 aromatic rings. The van der Waals surface area contributed by atoms with Gasteiger partial charge in [0.1, 0.15) is 0 Å². The number of hydrogen-bond acceptors (Lipinski definition) is 5. The highest BCUT2D eigenvalue weighted by atomic mass is 16.5. The Morgan fingerprint density at radius 3 is 2.89 bits per heavy atom. The van der Waals surface area contributed by atoms with Crippen molar-refractivity contribution < 1.29 is 4.52 Å². The maximum Gasteiger partial charge on any atom is 0.243 e. The van der Waals surface area contributed by atoms with Crippen LogP contribution >= 0.6 is 0 Å². The molecule has 2 aliphatic rings. The fraction of sp³-hybridized carbons (Fsp3) is 0.857. The molecular formula is C14H24N4O. The Morgan fingerprint density at radius 1 is 1.21 bits per heavy atom. The molecule has 5 nitrogen and oxygen atoms in total. The molecule has 3 atom stereocenters. The Balaban J connectivity index is 1.64. The van der Waals surface area contributed by atoms with E-state index < -0.39 is 0 Å². The molecule has 2 heterocycles. The molecule has 106 valence electrons. The highest BCUT2D eigenvalue weighted by Crippen LogP contribution is 2.36. The van der Waals surface area contributed by atoms with E-state index in [0.717, 1.165) is 30.6 Å². The van der Waals surface area contributed by atoms with Gasteiger partial charge in [-0.1, -0.05) is 18.0 Å². The monoisotopic (exact) mass is 264 g/mol. The second kappa shape index (κ2) is 5.59. The predicted molar refractivity (Wildman–Crippen MR) is 72.5 cm³/mol. The number of aromatic nitrogens is 2. The lowest BCUT2D eigenvalue weighted by molar-refractivity contribution is 0.158. The average Bonchev–Trinajstić information content (AvgIpc) is 2.86. The van der Waals surface area contributed by atoms with Gasteiger partial charge in [-0.15, -0.1) is 0 Å². The summed E-state index contributed by atoms with van der Waals surface area (Å²) >= 11 is 0. The summed E-state index contributed by atoms with van der Waals surface area (Å²) in [4.78, 5) is 6.59. The summed E-state index contributed by atoms with van der Waals surface area (Å²) < 4.78 is 5.43. The molecule has 1 N–H and O–H groups in total. The molecule has 2 fully saturated rings. The third kappa shape index (κ3) is 2.98. The maximum atomic E-state index is 5.43. The molecule has 0 bridgehead atoms. The summed E-state index contributed by atoms with van der Waals surface area (Å²) in [6.45, 7) is 0.738. The fourth-order valence-corrected chi connectivity index (χ4v) is 3.45. The minimum Gasteiger partial charge on any atom is -0.338 e. The van der Waals surface area contributed by atoms with Gasteiger partial charge >= 0.3 is 0 Å². The van der Waals surface area contributed by atoms with E-state index in [1.807, 2.05) is 14.1 Å². The first-order valence-corrected chi connectivity index (χ1v) is 7.45. The van der Waals surface area contributed by atoms with E-state index in [1.165, 1.54) is 32.1 Å². The van der Waals surface area contributed by atoms with Crippen LogP contribution in [0.3, 0.4) is 0 Å². The summed E-state index contributed by atoms with van der Waals surface area (Å²) in [6.07, 6.45) is 7.89. The van der Waals surface area contributed by atoms with E-state index >= 15 is 0 Å². The maximum absolute atomic E-state index is 5.43. The van der Waals surface area contributed by atoms with Crippen molar-refractivity contribution in [1.29, 1.82) is 0 Å². The van der Waals surface area contributed by atoms with Crippen molar-refractivity contribution in [3.8, 4) is 0 Å². The number of nitrogens with zero attached hydrogens (tertiary/aromatic N) is 3. The van der Waals surface area contributed by atoms with Crippen LogP contribution in [-0.2, 0) is 6.54 Å². The molecule has 0 amide bonds. The Kier molecular flexibility index (Phi) is 3.84. The number of rotatable bonds is 3. The molecule has 1 aromatic heterocycles. The molecule has 0 aromatic carbocycles. The third-order valence-electron chi connectivity index (χ3n) is 4.39. The molecule has 0 radical (unpaired) electrons. The first-order chi connectivity index (χ1) is 9.22. The number of fused-ring (bicyclic) bond motifs is 1. The van der Waals surface area contributed by atoms with E-state index in [9.17, 15) is 0 Å². The lowest BCUT2D eigenvalue weighted by atomic mass is 9.78. The summed E-state index contributed by atoms with van der Waals surface area (Å²) in [6, 6.07) is 0.930. The van der Waals surface area contributed by atoms with Crippen molar-refractivity contribution in [3.05, 3.63) is 11.7 Å². The van der Waals surface area contributed by atoms with Gasteiger partial charge in [-0.25, -0.2) is 0 Å². The van der Waals surface area contributed by atoms with Gasteiger partial charge in [-0.05, 0) is 45.7 Å². The van der Waals surface area contributed by atoms with Gasteiger partial charge in [0.15, 0.2) is 5.82 Å². The Morgan fingerprint density at radius 2 is 2.05 bits per heavy atom. The standard InChI is InChI=1S/C14H24N4O/c1-18(2)9-13-16-14(19-17-13)12-8-7-10-5-3-4-6-11(10)15-12/h10-12,15H,3-9H2,1-2H3. The fourth-order valence-electron chi connectivity index (χ4n) is 3.45. The zero-order chi connectivity index (χ0) is 13.2. The van der Waals surface area contributed by atoms with Crippen LogP contribution in [0.4, 0.5) is 0 Å². The van der Waals surface area contributed by atoms with Crippen molar-refractivity contribution in [3.63, 3.8) is 0 Å². The highest BCUT2D eigenvalue weighted by molar-refractivity contribution is 4.98. The third-order valence-corrected chi connectivity index (χ3v) is 4.39. The lowest BCUT2D eigenvalue weighted by Gasteiger charge is -2.39. The summed E-state index contributed by atoms with van der Waals surface area (Å²) in [7, 11) is 4.03. The Labute approximate surface area is 114 Å². The van der Waals surface area contributed by atoms with Gasteiger partial charge in [0.2, 0.25) is 5.89 Å². The summed E-state index contributed by atoms with van der Waals surface area (Å²) in [5, 5.41) is 7.80. The van der Waals surface area contributed by atoms with Crippen LogP contribution in [0.5, 0.6) is 0 Å². The van der Waals surface area contributed by atoms with Gasteiger partial charge in [0, 0.05) is 6.04 Å². The van der Waals surface area contributed by atoms with E-state index in [1.54, 1.807) is 0 Å². The van der Waals surface area contributed by atoms with Crippen molar-refractivity contribution >= 4 is 0 Å². The molecule has 5 heteroatoms. The molecule has 3 rings (SSSR count). The van der Waals surface area contributed by atoms with Crippen molar-refractivity contribution in [2.24, 2.45) is 5.92 Å². The Bertz CT molecular complexity index is 417.